The third-order valence-electron chi connectivity index (χ3n) is 3.58. The van der Waals surface area contributed by atoms with Crippen LogP contribution in [0.3, 0.4) is 0 Å². The fraction of sp³-hybridized carbons (Fsp3) is 0.278. The lowest BCUT2D eigenvalue weighted by Crippen LogP contribution is -2.15. The first-order valence-corrected chi connectivity index (χ1v) is 7.97. The SMILES string of the molecule is COc1ccc(Br)c(C(=O)Nc2c(C)cccc2C(C)C)c1. The lowest BCUT2D eigenvalue weighted by molar-refractivity contribution is 0.102. The van der Waals surface area contributed by atoms with Crippen LogP contribution >= 0.6 is 15.9 Å². The third-order valence-corrected chi connectivity index (χ3v) is 4.28. The number of rotatable bonds is 4. The molecule has 3 nitrogen and oxygen atoms in total. The molecule has 0 radical (unpaired) electrons. The number of amides is 1. The van der Waals surface area contributed by atoms with Crippen LogP contribution in [0.5, 0.6) is 5.75 Å². The van der Waals surface area contributed by atoms with E-state index in [1.165, 1.54) is 0 Å². The minimum Gasteiger partial charge on any atom is -0.497 e. The smallest absolute Gasteiger partial charge is 0.256 e. The summed E-state index contributed by atoms with van der Waals surface area (Å²) in [5.74, 6) is 0.841. The van der Waals surface area contributed by atoms with E-state index in [4.69, 9.17) is 4.74 Å². The van der Waals surface area contributed by atoms with Gasteiger partial charge in [-0.3, -0.25) is 4.79 Å². The molecule has 1 N–H and O–H groups in total. The van der Waals surface area contributed by atoms with Gasteiger partial charge in [0.2, 0.25) is 0 Å². The topological polar surface area (TPSA) is 38.3 Å². The molecule has 0 saturated heterocycles. The number of aryl methyl sites for hydroxylation is 1. The Morgan fingerprint density at radius 2 is 1.95 bits per heavy atom. The quantitative estimate of drug-likeness (QED) is 0.818. The van der Waals surface area contributed by atoms with Crippen molar-refractivity contribution in [1.29, 1.82) is 0 Å². The van der Waals surface area contributed by atoms with Crippen molar-refractivity contribution in [3.63, 3.8) is 0 Å². The Morgan fingerprint density at radius 3 is 2.59 bits per heavy atom. The third kappa shape index (κ3) is 3.50. The van der Waals surface area contributed by atoms with E-state index < -0.39 is 0 Å². The van der Waals surface area contributed by atoms with Crippen LogP contribution in [0.25, 0.3) is 0 Å². The van der Waals surface area contributed by atoms with Gasteiger partial charge in [0, 0.05) is 10.2 Å². The van der Waals surface area contributed by atoms with Crippen molar-refractivity contribution in [1.82, 2.24) is 0 Å². The highest BCUT2D eigenvalue weighted by Crippen LogP contribution is 2.29. The molecule has 0 fully saturated rings. The van der Waals surface area contributed by atoms with E-state index >= 15 is 0 Å². The van der Waals surface area contributed by atoms with Crippen molar-refractivity contribution in [3.05, 3.63) is 57.6 Å². The Balaban J connectivity index is 2.38. The van der Waals surface area contributed by atoms with Crippen molar-refractivity contribution in [2.75, 3.05) is 12.4 Å². The van der Waals surface area contributed by atoms with Crippen LogP contribution in [0.2, 0.25) is 0 Å². The molecule has 2 aromatic rings. The van der Waals surface area contributed by atoms with Gasteiger partial charge in [0.25, 0.3) is 5.91 Å². The van der Waals surface area contributed by atoms with E-state index in [-0.39, 0.29) is 5.91 Å². The van der Waals surface area contributed by atoms with Gasteiger partial charge in [-0.1, -0.05) is 32.0 Å². The van der Waals surface area contributed by atoms with Crippen molar-refractivity contribution in [2.24, 2.45) is 0 Å². The fourth-order valence-electron chi connectivity index (χ4n) is 2.33. The van der Waals surface area contributed by atoms with Crippen LogP contribution in [0, 0.1) is 6.92 Å². The fourth-order valence-corrected chi connectivity index (χ4v) is 2.76. The predicted octanol–water partition coefficient (Wildman–Crippen LogP) is 5.14. The Hall–Kier alpha value is -1.81. The van der Waals surface area contributed by atoms with E-state index in [9.17, 15) is 4.79 Å². The number of hydrogen-bond donors (Lipinski definition) is 1. The number of hydrogen-bond acceptors (Lipinski definition) is 2. The van der Waals surface area contributed by atoms with Crippen LogP contribution < -0.4 is 10.1 Å². The normalized spacial score (nSPS) is 10.6. The second kappa shape index (κ2) is 6.97. The number of para-hydroxylation sites is 1. The maximum Gasteiger partial charge on any atom is 0.256 e. The lowest BCUT2D eigenvalue weighted by atomic mass is 9.98. The number of anilines is 1. The summed E-state index contributed by atoms with van der Waals surface area (Å²) in [6.07, 6.45) is 0. The summed E-state index contributed by atoms with van der Waals surface area (Å²) in [5, 5.41) is 3.04. The molecule has 0 aliphatic carbocycles. The highest BCUT2D eigenvalue weighted by atomic mass is 79.9. The molecule has 0 aliphatic heterocycles. The molecular weight excluding hydrogens is 342 g/mol. The largest absolute Gasteiger partial charge is 0.497 e. The van der Waals surface area contributed by atoms with Gasteiger partial charge < -0.3 is 10.1 Å². The molecule has 0 spiro atoms. The highest BCUT2D eigenvalue weighted by Gasteiger charge is 2.16. The van der Waals surface area contributed by atoms with Gasteiger partial charge in [0.15, 0.2) is 0 Å². The second-order valence-electron chi connectivity index (χ2n) is 5.49. The van der Waals surface area contributed by atoms with Crippen molar-refractivity contribution < 1.29 is 9.53 Å². The van der Waals surface area contributed by atoms with E-state index in [1.54, 1.807) is 13.2 Å². The molecule has 2 aromatic carbocycles. The van der Waals surface area contributed by atoms with Crippen molar-refractivity contribution in [3.8, 4) is 5.75 Å². The van der Waals surface area contributed by atoms with Gasteiger partial charge >= 0.3 is 0 Å². The summed E-state index contributed by atoms with van der Waals surface area (Å²) in [6, 6.07) is 11.4. The van der Waals surface area contributed by atoms with E-state index in [0.29, 0.717) is 17.2 Å². The van der Waals surface area contributed by atoms with Gasteiger partial charge in [0.05, 0.1) is 12.7 Å². The molecule has 0 heterocycles. The number of halogens is 1. The molecule has 0 aromatic heterocycles. The first kappa shape index (κ1) is 16.6. The van der Waals surface area contributed by atoms with Gasteiger partial charge in [-0.15, -0.1) is 0 Å². The van der Waals surface area contributed by atoms with Crippen LogP contribution in [0.15, 0.2) is 40.9 Å². The molecule has 0 saturated carbocycles. The minimum atomic E-state index is -0.151. The number of carbonyl (C=O) groups excluding carboxylic acids is 1. The number of methoxy groups -OCH3 is 1. The molecule has 116 valence electrons. The Kier molecular flexibility index (Phi) is 5.24. The molecule has 0 atom stereocenters. The zero-order valence-electron chi connectivity index (χ0n) is 13.2. The molecule has 0 unspecified atom stereocenters. The molecule has 2 rings (SSSR count). The van der Waals surface area contributed by atoms with Crippen LogP contribution in [0.1, 0.15) is 41.3 Å². The lowest BCUT2D eigenvalue weighted by Gasteiger charge is -2.17. The number of benzene rings is 2. The Bertz CT molecular complexity index is 695. The van der Waals surface area contributed by atoms with E-state index in [0.717, 1.165) is 21.3 Å². The maximum atomic E-state index is 12.6. The first-order chi connectivity index (χ1) is 10.4. The first-order valence-electron chi connectivity index (χ1n) is 7.18. The molecular formula is C18H20BrNO2. The standard InChI is InChI=1S/C18H20BrNO2/c1-11(2)14-7-5-6-12(3)17(14)20-18(21)15-10-13(22-4)8-9-16(15)19/h5-11H,1-4H3,(H,20,21). The van der Waals surface area contributed by atoms with Gasteiger partial charge in [0.1, 0.15) is 5.75 Å². The van der Waals surface area contributed by atoms with Crippen molar-refractivity contribution >= 4 is 27.5 Å². The van der Waals surface area contributed by atoms with Crippen molar-refractivity contribution in [2.45, 2.75) is 26.7 Å². The summed E-state index contributed by atoms with van der Waals surface area (Å²) in [5.41, 5.74) is 3.63. The Labute approximate surface area is 139 Å². The number of carbonyl (C=O) groups is 1. The average Bonchev–Trinajstić information content (AvgIpc) is 2.49. The molecule has 1 amide bonds. The average molecular weight is 362 g/mol. The molecule has 0 bridgehead atoms. The van der Waals surface area contributed by atoms with Crippen LogP contribution in [-0.4, -0.2) is 13.0 Å². The van der Waals surface area contributed by atoms with Gasteiger partial charge in [-0.25, -0.2) is 0 Å². The number of ether oxygens (including phenoxy) is 1. The molecule has 0 aliphatic rings. The van der Waals surface area contributed by atoms with E-state index in [2.05, 4.69) is 35.1 Å². The zero-order chi connectivity index (χ0) is 16.3. The van der Waals surface area contributed by atoms with Gasteiger partial charge in [-0.05, 0) is 58.1 Å². The summed E-state index contributed by atoms with van der Waals surface area (Å²) >= 11 is 3.42. The predicted molar refractivity (Wildman–Crippen MR) is 93.9 cm³/mol. The molecule has 22 heavy (non-hydrogen) atoms. The summed E-state index contributed by atoms with van der Waals surface area (Å²) in [7, 11) is 1.59. The molecule has 4 heteroatoms. The Morgan fingerprint density at radius 1 is 1.23 bits per heavy atom. The van der Waals surface area contributed by atoms with Gasteiger partial charge in [-0.2, -0.15) is 0 Å². The zero-order valence-corrected chi connectivity index (χ0v) is 14.8. The van der Waals surface area contributed by atoms with Crippen LogP contribution in [-0.2, 0) is 0 Å². The maximum absolute atomic E-state index is 12.6. The summed E-state index contributed by atoms with van der Waals surface area (Å²) in [4.78, 5) is 12.6. The van der Waals surface area contributed by atoms with E-state index in [1.807, 2.05) is 37.3 Å². The monoisotopic (exact) mass is 361 g/mol. The number of nitrogens with one attached hydrogen (secondary N) is 1. The van der Waals surface area contributed by atoms with Crippen LogP contribution in [0.4, 0.5) is 5.69 Å². The summed E-state index contributed by atoms with van der Waals surface area (Å²) in [6.45, 7) is 6.24. The highest BCUT2D eigenvalue weighted by molar-refractivity contribution is 9.10. The summed E-state index contributed by atoms with van der Waals surface area (Å²) < 4.78 is 5.94. The second-order valence-corrected chi connectivity index (χ2v) is 6.35. The minimum absolute atomic E-state index is 0.151.